The summed E-state index contributed by atoms with van der Waals surface area (Å²) in [5, 5.41) is 12.9. The Labute approximate surface area is 139 Å². The van der Waals surface area contributed by atoms with Crippen molar-refractivity contribution in [3.63, 3.8) is 0 Å². The molecule has 2 aromatic rings. The number of fused-ring (bicyclic) bond motifs is 1. The predicted octanol–water partition coefficient (Wildman–Crippen LogP) is 2.76. The van der Waals surface area contributed by atoms with E-state index in [1.807, 2.05) is 31.2 Å². The van der Waals surface area contributed by atoms with Crippen LogP contribution < -0.4 is 10.1 Å². The predicted molar refractivity (Wildman–Crippen MR) is 89.0 cm³/mol. The van der Waals surface area contributed by atoms with Crippen molar-refractivity contribution in [2.24, 2.45) is 0 Å². The second kappa shape index (κ2) is 6.84. The molecule has 1 heterocycles. The molecule has 0 radical (unpaired) electrons. The first-order chi connectivity index (χ1) is 11.5. The molecule has 0 aromatic heterocycles. The first kappa shape index (κ1) is 16.2. The Bertz CT molecular complexity index is 801. The van der Waals surface area contributed by atoms with E-state index in [4.69, 9.17) is 4.74 Å². The fourth-order valence-electron chi connectivity index (χ4n) is 2.58. The van der Waals surface area contributed by atoms with Gasteiger partial charge in [0.25, 0.3) is 5.91 Å². The first-order valence-corrected chi connectivity index (χ1v) is 7.68. The summed E-state index contributed by atoms with van der Waals surface area (Å²) in [7, 11) is 0. The fraction of sp³-hybridized carbons (Fsp3) is 0.211. The molecule has 4 nitrogen and oxygen atoms in total. The number of amides is 1. The Balaban J connectivity index is 1.65. The molecule has 0 aliphatic carbocycles. The number of aryl methyl sites for hydroxylation is 1. The van der Waals surface area contributed by atoms with Gasteiger partial charge >= 0.3 is 0 Å². The molecule has 1 aliphatic rings. The lowest BCUT2D eigenvalue weighted by molar-refractivity contribution is -0.118. The van der Waals surface area contributed by atoms with Crippen molar-refractivity contribution >= 4 is 12.0 Å². The lowest BCUT2D eigenvalue weighted by Gasteiger charge is -2.18. The zero-order chi connectivity index (χ0) is 17.1. The van der Waals surface area contributed by atoms with E-state index >= 15 is 0 Å². The highest BCUT2D eigenvalue weighted by Crippen LogP contribution is 2.27. The van der Waals surface area contributed by atoms with E-state index in [1.165, 1.54) is 18.2 Å². The molecule has 0 fully saturated rings. The Hall–Kier alpha value is -2.66. The van der Waals surface area contributed by atoms with E-state index < -0.39 is 6.10 Å². The molecule has 1 unspecified atom stereocenters. The van der Waals surface area contributed by atoms with Gasteiger partial charge in [-0.25, -0.2) is 4.39 Å². The summed E-state index contributed by atoms with van der Waals surface area (Å²) in [5.74, 6) is -0.172. The largest absolute Gasteiger partial charge is 0.488 e. The molecular weight excluding hydrogens is 309 g/mol. The Morgan fingerprint density at radius 3 is 2.96 bits per heavy atom. The summed E-state index contributed by atoms with van der Waals surface area (Å²) in [6, 6.07) is 11.7. The normalized spacial score (nSPS) is 14.2. The second-order valence-corrected chi connectivity index (χ2v) is 5.78. The highest BCUT2D eigenvalue weighted by atomic mass is 19.1. The van der Waals surface area contributed by atoms with Crippen molar-refractivity contribution < 1.29 is 19.0 Å². The summed E-state index contributed by atoms with van der Waals surface area (Å²) in [5.41, 5.74) is 2.71. The van der Waals surface area contributed by atoms with Gasteiger partial charge in [0.2, 0.25) is 0 Å². The Morgan fingerprint density at radius 1 is 1.33 bits per heavy atom. The van der Waals surface area contributed by atoms with Crippen LogP contribution in [0.4, 0.5) is 4.39 Å². The van der Waals surface area contributed by atoms with Gasteiger partial charge in [-0.2, -0.15) is 0 Å². The average molecular weight is 327 g/mol. The number of halogens is 1. The van der Waals surface area contributed by atoms with E-state index in [0.717, 1.165) is 11.1 Å². The molecule has 3 rings (SSSR count). The van der Waals surface area contributed by atoms with Gasteiger partial charge in [-0.05, 0) is 36.8 Å². The van der Waals surface area contributed by atoms with Crippen LogP contribution in [0.2, 0.25) is 0 Å². The maximum atomic E-state index is 13.3. The Kier molecular flexibility index (Phi) is 4.62. The molecular formula is C19H18FNO3. The highest BCUT2D eigenvalue weighted by Gasteiger charge is 2.18. The zero-order valence-electron chi connectivity index (χ0n) is 13.3. The van der Waals surface area contributed by atoms with Crippen LogP contribution in [0.15, 0.2) is 48.0 Å². The van der Waals surface area contributed by atoms with E-state index in [0.29, 0.717) is 16.9 Å². The van der Waals surface area contributed by atoms with Crippen molar-refractivity contribution in [2.75, 3.05) is 13.2 Å². The zero-order valence-corrected chi connectivity index (χ0v) is 13.3. The van der Waals surface area contributed by atoms with Crippen molar-refractivity contribution in [1.82, 2.24) is 5.32 Å². The molecule has 2 aromatic carbocycles. The van der Waals surface area contributed by atoms with Gasteiger partial charge in [-0.3, -0.25) is 4.79 Å². The van der Waals surface area contributed by atoms with Gasteiger partial charge in [0.15, 0.2) is 0 Å². The quantitative estimate of drug-likeness (QED) is 0.908. The fourth-order valence-corrected chi connectivity index (χ4v) is 2.58. The molecule has 0 saturated carbocycles. The monoisotopic (exact) mass is 327 g/mol. The van der Waals surface area contributed by atoms with E-state index in [-0.39, 0.29) is 24.9 Å². The minimum Gasteiger partial charge on any atom is -0.488 e. The topological polar surface area (TPSA) is 58.6 Å². The van der Waals surface area contributed by atoms with Crippen LogP contribution in [0.5, 0.6) is 5.75 Å². The Morgan fingerprint density at radius 2 is 2.17 bits per heavy atom. The number of ether oxygens (including phenoxy) is 1. The number of hydrogen-bond donors (Lipinski definition) is 2. The third kappa shape index (κ3) is 3.63. The number of nitrogens with one attached hydrogen (secondary N) is 1. The van der Waals surface area contributed by atoms with E-state index in [9.17, 15) is 14.3 Å². The molecule has 5 heteroatoms. The van der Waals surface area contributed by atoms with Crippen molar-refractivity contribution in [3.05, 3.63) is 70.5 Å². The van der Waals surface area contributed by atoms with Crippen molar-refractivity contribution in [2.45, 2.75) is 13.0 Å². The number of aliphatic hydroxyl groups excluding tert-OH is 1. The van der Waals surface area contributed by atoms with E-state index in [2.05, 4.69) is 5.32 Å². The van der Waals surface area contributed by atoms with E-state index in [1.54, 1.807) is 6.08 Å². The number of aliphatic hydroxyl groups is 1. The lowest BCUT2D eigenvalue weighted by atomic mass is 10.1. The van der Waals surface area contributed by atoms with Crippen LogP contribution in [-0.2, 0) is 4.79 Å². The molecule has 2 N–H and O–H groups in total. The van der Waals surface area contributed by atoms with Crippen molar-refractivity contribution in [1.29, 1.82) is 0 Å². The molecule has 124 valence electrons. The average Bonchev–Trinajstić information content (AvgIpc) is 2.58. The van der Waals surface area contributed by atoms with Crippen LogP contribution in [0.25, 0.3) is 6.08 Å². The van der Waals surface area contributed by atoms with Gasteiger partial charge in [-0.1, -0.05) is 29.8 Å². The number of carbonyl (C=O) groups excluding carboxylic acids is 1. The van der Waals surface area contributed by atoms with Crippen LogP contribution in [-0.4, -0.2) is 24.2 Å². The molecule has 1 amide bonds. The molecule has 0 spiro atoms. The van der Waals surface area contributed by atoms with Gasteiger partial charge in [0.1, 0.15) is 18.2 Å². The minimum atomic E-state index is -0.788. The molecule has 1 atom stereocenters. The SMILES string of the molecule is Cc1cccc(C(O)CNC(=O)C2=Cc3cc(F)ccc3OC2)c1. The summed E-state index contributed by atoms with van der Waals surface area (Å²) >= 11 is 0. The maximum Gasteiger partial charge on any atom is 0.250 e. The number of rotatable bonds is 4. The molecule has 24 heavy (non-hydrogen) atoms. The number of carbonyl (C=O) groups is 1. The van der Waals surface area contributed by atoms with Crippen LogP contribution in [0, 0.1) is 12.7 Å². The smallest absolute Gasteiger partial charge is 0.250 e. The summed E-state index contributed by atoms with van der Waals surface area (Å²) < 4.78 is 18.7. The molecule has 0 saturated heterocycles. The third-order valence-corrected chi connectivity index (χ3v) is 3.86. The number of hydrogen-bond acceptors (Lipinski definition) is 3. The van der Waals surface area contributed by atoms with Gasteiger partial charge < -0.3 is 15.2 Å². The van der Waals surface area contributed by atoms with Crippen LogP contribution in [0.1, 0.15) is 22.8 Å². The lowest BCUT2D eigenvalue weighted by Crippen LogP contribution is -2.32. The van der Waals surface area contributed by atoms with Crippen LogP contribution in [0.3, 0.4) is 0 Å². The van der Waals surface area contributed by atoms with Crippen LogP contribution >= 0.6 is 0 Å². The van der Waals surface area contributed by atoms with Gasteiger partial charge in [0.05, 0.1) is 11.7 Å². The summed E-state index contributed by atoms with van der Waals surface area (Å²) in [6.07, 6.45) is 0.819. The minimum absolute atomic E-state index is 0.0929. The highest BCUT2D eigenvalue weighted by molar-refractivity contribution is 5.99. The second-order valence-electron chi connectivity index (χ2n) is 5.78. The third-order valence-electron chi connectivity index (χ3n) is 3.86. The van der Waals surface area contributed by atoms with Crippen molar-refractivity contribution in [3.8, 4) is 5.75 Å². The summed E-state index contributed by atoms with van der Waals surface area (Å²) in [6.45, 7) is 2.15. The maximum absolute atomic E-state index is 13.3. The summed E-state index contributed by atoms with van der Waals surface area (Å²) in [4.78, 5) is 12.2. The number of benzene rings is 2. The van der Waals surface area contributed by atoms with Gasteiger partial charge in [0, 0.05) is 12.1 Å². The first-order valence-electron chi connectivity index (χ1n) is 7.68. The standard InChI is InChI=1S/C19H18FNO3/c1-12-3-2-4-13(7-12)17(22)10-21-19(23)15-8-14-9-16(20)5-6-18(14)24-11-15/h2-9,17,22H,10-11H2,1H3,(H,21,23). The van der Waals surface area contributed by atoms with Gasteiger partial charge in [-0.15, -0.1) is 0 Å². The molecule has 0 bridgehead atoms. The molecule has 1 aliphatic heterocycles.